The Morgan fingerprint density at radius 2 is 1.90 bits per heavy atom. The molecule has 1 heterocycles. The standard InChI is InChI=1S/C17H25N3/c1-11-7-8-12(2)15(9-11)10-16(18-5)17-13(3)19-20(6)14(17)4/h7-9,16,18H,10H2,1-6H3. The lowest BCUT2D eigenvalue weighted by Gasteiger charge is -2.19. The Balaban J connectivity index is 2.36. The zero-order valence-electron chi connectivity index (χ0n) is 13.4. The number of aryl methyl sites for hydroxylation is 4. The van der Waals surface area contributed by atoms with E-state index in [1.807, 2.05) is 18.8 Å². The molecular formula is C17H25N3. The van der Waals surface area contributed by atoms with Crippen LogP contribution in [0.25, 0.3) is 0 Å². The highest BCUT2D eigenvalue weighted by atomic mass is 15.3. The first kappa shape index (κ1) is 14.8. The van der Waals surface area contributed by atoms with Crippen LogP contribution < -0.4 is 5.32 Å². The minimum absolute atomic E-state index is 0.309. The van der Waals surface area contributed by atoms with Gasteiger partial charge in [0.25, 0.3) is 0 Å². The van der Waals surface area contributed by atoms with E-state index in [1.165, 1.54) is 27.9 Å². The summed E-state index contributed by atoms with van der Waals surface area (Å²) in [5, 5.41) is 7.99. The van der Waals surface area contributed by atoms with Crippen LogP contribution in [-0.2, 0) is 13.5 Å². The lowest BCUT2D eigenvalue weighted by Crippen LogP contribution is -2.20. The van der Waals surface area contributed by atoms with Gasteiger partial charge in [-0.1, -0.05) is 23.8 Å². The summed E-state index contributed by atoms with van der Waals surface area (Å²) in [5.74, 6) is 0. The van der Waals surface area contributed by atoms with Crippen LogP contribution in [0.3, 0.4) is 0 Å². The highest BCUT2D eigenvalue weighted by Crippen LogP contribution is 2.25. The minimum Gasteiger partial charge on any atom is -0.313 e. The van der Waals surface area contributed by atoms with E-state index in [2.05, 4.69) is 56.3 Å². The predicted molar refractivity (Wildman–Crippen MR) is 84.1 cm³/mol. The number of benzene rings is 1. The minimum atomic E-state index is 0.309. The second kappa shape index (κ2) is 5.80. The molecule has 1 unspecified atom stereocenters. The number of rotatable bonds is 4. The molecule has 0 bridgehead atoms. The quantitative estimate of drug-likeness (QED) is 0.925. The first-order valence-electron chi connectivity index (χ1n) is 7.17. The van der Waals surface area contributed by atoms with Crippen molar-refractivity contribution >= 4 is 0 Å². The fourth-order valence-corrected chi connectivity index (χ4v) is 2.88. The van der Waals surface area contributed by atoms with Crippen molar-refractivity contribution in [1.29, 1.82) is 0 Å². The molecule has 0 aliphatic carbocycles. The molecule has 20 heavy (non-hydrogen) atoms. The molecular weight excluding hydrogens is 246 g/mol. The SMILES string of the molecule is CNC(Cc1cc(C)ccc1C)c1c(C)nn(C)c1C. The monoisotopic (exact) mass is 271 g/mol. The maximum absolute atomic E-state index is 4.54. The number of hydrogen-bond acceptors (Lipinski definition) is 2. The van der Waals surface area contributed by atoms with Crippen molar-refractivity contribution in [3.8, 4) is 0 Å². The van der Waals surface area contributed by atoms with Crippen LogP contribution in [0, 0.1) is 27.7 Å². The van der Waals surface area contributed by atoms with E-state index in [0.29, 0.717) is 6.04 Å². The average molecular weight is 271 g/mol. The summed E-state index contributed by atoms with van der Waals surface area (Å²) in [4.78, 5) is 0. The molecule has 2 aromatic rings. The summed E-state index contributed by atoms with van der Waals surface area (Å²) < 4.78 is 1.97. The third-order valence-corrected chi connectivity index (χ3v) is 4.19. The van der Waals surface area contributed by atoms with Gasteiger partial charge in [0.05, 0.1) is 5.69 Å². The molecule has 0 saturated carbocycles. The first-order chi connectivity index (χ1) is 9.43. The molecule has 0 aliphatic rings. The van der Waals surface area contributed by atoms with E-state index in [0.717, 1.165) is 12.1 Å². The Kier molecular flexibility index (Phi) is 4.29. The zero-order chi connectivity index (χ0) is 14.9. The van der Waals surface area contributed by atoms with Gasteiger partial charge in [-0.15, -0.1) is 0 Å². The van der Waals surface area contributed by atoms with Crippen molar-refractivity contribution in [2.24, 2.45) is 7.05 Å². The van der Waals surface area contributed by atoms with Crippen molar-refractivity contribution in [3.05, 3.63) is 51.8 Å². The van der Waals surface area contributed by atoms with Gasteiger partial charge in [0.2, 0.25) is 0 Å². The van der Waals surface area contributed by atoms with E-state index in [1.54, 1.807) is 0 Å². The van der Waals surface area contributed by atoms with Crippen LogP contribution in [0.4, 0.5) is 0 Å². The lowest BCUT2D eigenvalue weighted by molar-refractivity contribution is 0.583. The van der Waals surface area contributed by atoms with Crippen molar-refractivity contribution in [2.75, 3.05) is 7.05 Å². The highest BCUT2D eigenvalue weighted by Gasteiger charge is 2.19. The smallest absolute Gasteiger partial charge is 0.0644 e. The topological polar surface area (TPSA) is 29.9 Å². The summed E-state index contributed by atoms with van der Waals surface area (Å²) >= 11 is 0. The number of nitrogens with zero attached hydrogens (tertiary/aromatic N) is 2. The van der Waals surface area contributed by atoms with Crippen molar-refractivity contribution < 1.29 is 0 Å². The Labute approximate surface area is 122 Å². The number of aromatic nitrogens is 2. The Morgan fingerprint density at radius 1 is 1.20 bits per heavy atom. The van der Waals surface area contributed by atoms with Gasteiger partial charge in [0.15, 0.2) is 0 Å². The van der Waals surface area contributed by atoms with Gasteiger partial charge >= 0.3 is 0 Å². The summed E-state index contributed by atoms with van der Waals surface area (Å²) in [6, 6.07) is 6.98. The maximum Gasteiger partial charge on any atom is 0.0644 e. The zero-order valence-corrected chi connectivity index (χ0v) is 13.4. The van der Waals surface area contributed by atoms with Gasteiger partial charge in [0.1, 0.15) is 0 Å². The van der Waals surface area contributed by atoms with Gasteiger partial charge in [0, 0.05) is 24.3 Å². The first-order valence-corrected chi connectivity index (χ1v) is 7.17. The summed E-state index contributed by atoms with van der Waals surface area (Å²) in [5.41, 5.74) is 7.78. The van der Waals surface area contributed by atoms with Crippen molar-refractivity contribution in [3.63, 3.8) is 0 Å². The fraction of sp³-hybridized carbons (Fsp3) is 0.471. The lowest BCUT2D eigenvalue weighted by atomic mass is 9.94. The molecule has 1 N–H and O–H groups in total. The molecule has 3 nitrogen and oxygen atoms in total. The third-order valence-electron chi connectivity index (χ3n) is 4.19. The van der Waals surface area contributed by atoms with Crippen LogP contribution >= 0.6 is 0 Å². The van der Waals surface area contributed by atoms with Crippen molar-refractivity contribution in [2.45, 2.75) is 40.2 Å². The van der Waals surface area contributed by atoms with Crippen LogP contribution in [0.1, 0.15) is 39.7 Å². The molecule has 1 aromatic heterocycles. The molecule has 0 aliphatic heterocycles. The highest BCUT2D eigenvalue weighted by molar-refractivity contribution is 5.35. The average Bonchev–Trinajstić information content (AvgIpc) is 2.65. The number of likely N-dealkylation sites (N-methyl/N-ethyl adjacent to an activating group) is 1. The summed E-state index contributed by atoms with van der Waals surface area (Å²) in [6.07, 6.45) is 0.997. The normalized spacial score (nSPS) is 12.7. The van der Waals surface area contributed by atoms with Gasteiger partial charge in [-0.05, 0) is 52.3 Å². The number of hydrogen-bond donors (Lipinski definition) is 1. The Bertz CT molecular complexity index is 611. The van der Waals surface area contributed by atoms with Crippen LogP contribution in [0.2, 0.25) is 0 Å². The molecule has 0 amide bonds. The van der Waals surface area contributed by atoms with E-state index < -0.39 is 0 Å². The molecule has 3 heteroatoms. The maximum atomic E-state index is 4.54. The van der Waals surface area contributed by atoms with E-state index >= 15 is 0 Å². The predicted octanol–water partition coefficient (Wildman–Crippen LogP) is 3.16. The molecule has 108 valence electrons. The molecule has 0 fully saturated rings. The van der Waals surface area contributed by atoms with Crippen molar-refractivity contribution in [1.82, 2.24) is 15.1 Å². The van der Waals surface area contributed by atoms with Crippen LogP contribution in [0.15, 0.2) is 18.2 Å². The van der Waals surface area contributed by atoms with Gasteiger partial charge in [-0.3, -0.25) is 4.68 Å². The summed E-state index contributed by atoms with van der Waals surface area (Å²) in [6.45, 7) is 8.57. The van der Waals surface area contributed by atoms with Gasteiger partial charge < -0.3 is 5.32 Å². The molecule has 0 spiro atoms. The Morgan fingerprint density at radius 3 is 2.45 bits per heavy atom. The third kappa shape index (κ3) is 2.78. The van der Waals surface area contributed by atoms with Crippen LogP contribution in [-0.4, -0.2) is 16.8 Å². The van der Waals surface area contributed by atoms with Crippen LogP contribution in [0.5, 0.6) is 0 Å². The van der Waals surface area contributed by atoms with Gasteiger partial charge in [-0.25, -0.2) is 0 Å². The van der Waals surface area contributed by atoms with E-state index in [4.69, 9.17) is 0 Å². The molecule has 0 saturated heterocycles. The molecule has 0 radical (unpaired) electrons. The number of nitrogens with one attached hydrogen (secondary N) is 1. The fourth-order valence-electron chi connectivity index (χ4n) is 2.88. The molecule has 2 rings (SSSR count). The molecule has 1 aromatic carbocycles. The Hall–Kier alpha value is -1.61. The summed E-state index contributed by atoms with van der Waals surface area (Å²) in [7, 11) is 4.04. The largest absolute Gasteiger partial charge is 0.313 e. The second-order valence-electron chi connectivity index (χ2n) is 5.68. The van der Waals surface area contributed by atoms with E-state index in [9.17, 15) is 0 Å². The second-order valence-corrected chi connectivity index (χ2v) is 5.68. The van der Waals surface area contributed by atoms with Gasteiger partial charge in [-0.2, -0.15) is 5.10 Å². The van der Waals surface area contributed by atoms with E-state index in [-0.39, 0.29) is 0 Å². The molecule has 1 atom stereocenters.